The summed E-state index contributed by atoms with van der Waals surface area (Å²) >= 11 is 0. The molecule has 1 aromatic carbocycles. The number of imide groups is 1. The van der Waals surface area contributed by atoms with Crippen molar-refractivity contribution in [3.63, 3.8) is 0 Å². The maximum absolute atomic E-state index is 11.9. The smallest absolute Gasteiger partial charge is 0.333 e. The fourth-order valence-corrected chi connectivity index (χ4v) is 1.58. The Labute approximate surface area is 119 Å². The van der Waals surface area contributed by atoms with E-state index in [-0.39, 0.29) is 12.6 Å². The van der Waals surface area contributed by atoms with Gasteiger partial charge in [0.1, 0.15) is 12.6 Å². The van der Waals surface area contributed by atoms with Crippen LogP contribution in [-0.4, -0.2) is 31.2 Å². The molecule has 116 valence electrons. The minimum absolute atomic E-state index is 0.00446. The molecule has 1 atom stereocenters. The zero-order chi connectivity index (χ0) is 15.9. The summed E-state index contributed by atoms with van der Waals surface area (Å²) in [5.74, 6) is -0.655. The molecule has 1 aromatic rings. The van der Waals surface area contributed by atoms with Crippen LogP contribution in [0.15, 0.2) is 30.3 Å². The summed E-state index contributed by atoms with van der Waals surface area (Å²) in [5, 5.41) is 5.08. The molecule has 0 aromatic heterocycles. The van der Waals surface area contributed by atoms with E-state index < -0.39 is 24.7 Å². The Bertz CT molecular complexity index is 477. The van der Waals surface area contributed by atoms with Crippen molar-refractivity contribution in [1.82, 2.24) is 10.6 Å². The first-order valence-corrected chi connectivity index (χ1v) is 6.30. The van der Waals surface area contributed by atoms with Gasteiger partial charge in [0.2, 0.25) is 0 Å². The molecular formula is C13H17F3N3O2+. The number of alkyl halides is 3. The molecule has 5 nitrogen and oxygen atoms in total. The van der Waals surface area contributed by atoms with Crippen molar-refractivity contribution in [2.24, 2.45) is 0 Å². The van der Waals surface area contributed by atoms with Crippen molar-refractivity contribution in [3.8, 4) is 0 Å². The summed E-state index contributed by atoms with van der Waals surface area (Å²) < 4.78 is 35.6. The number of benzene rings is 1. The SMILES string of the molecule is C[C@H]([NH2+]CC(=O)NC(=O)NCC(F)(F)F)c1ccccc1. The second-order valence-corrected chi connectivity index (χ2v) is 4.49. The lowest BCUT2D eigenvalue weighted by Crippen LogP contribution is -2.87. The molecule has 8 heteroatoms. The van der Waals surface area contributed by atoms with E-state index in [0.29, 0.717) is 0 Å². The standard InChI is InChI=1S/C13H16F3N3O2/c1-9(10-5-3-2-4-6-10)17-7-11(20)19-12(21)18-8-13(14,15)16/h2-6,9,17H,7-8H2,1H3,(H2,18,19,20,21)/p+1/t9-/m0/s1. The van der Waals surface area contributed by atoms with Crippen molar-refractivity contribution in [1.29, 1.82) is 0 Å². The van der Waals surface area contributed by atoms with Crippen LogP contribution < -0.4 is 16.0 Å². The Morgan fingerprint density at radius 2 is 1.86 bits per heavy atom. The average Bonchev–Trinajstić information content (AvgIpc) is 2.43. The number of nitrogens with two attached hydrogens (primary N) is 1. The van der Waals surface area contributed by atoms with Crippen molar-refractivity contribution in [2.75, 3.05) is 13.1 Å². The summed E-state index contributed by atoms with van der Waals surface area (Å²) in [5.41, 5.74) is 1.01. The van der Waals surface area contributed by atoms with Crippen LogP contribution >= 0.6 is 0 Å². The zero-order valence-corrected chi connectivity index (χ0v) is 11.4. The van der Waals surface area contributed by atoms with E-state index in [1.54, 1.807) is 10.6 Å². The van der Waals surface area contributed by atoms with E-state index >= 15 is 0 Å². The van der Waals surface area contributed by atoms with Crippen LogP contribution in [-0.2, 0) is 4.79 Å². The number of urea groups is 1. The number of halogens is 3. The third kappa shape index (κ3) is 7.31. The van der Waals surface area contributed by atoms with Crippen molar-refractivity contribution in [3.05, 3.63) is 35.9 Å². The fraction of sp³-hybridized carbons (Fsp3) is 0.385. The molecule has 0 fully saturated rings. The zero-order valence-electron chi connectivity index (χ0n) is 11.4. The lowest BCUT2D eigenvalue weighted by molar-refractivity contribution is -0.682. The molecule has 0 aliphatic rings. The van der Waals surface area contributed by atoms with Crippen LogP contribution in [0.25, 0.3) is 0 Å². The maximum Gasteiger partial charge on any atom is 0.405 e. The Balaban J connectivity index is 2.29. The number of hydrogen-bond acceptors (Lipinski definition) is 2. The van der Waals surface area contributed by atoms with Gasteiger partial charge in [-0.25, -0.2) is 4.79 Å². The van der Waals surface area contributed by atoms with Crippen LogP contribution in [0.4, 0.5) is 18.0 Å². The minimum atomic E-state index is -4.51. The van der Waals surface area contributed by atoms with Gasteiger partial charge in [0, 0.05) is 5.56 Å². The van der Waals surface area contributed by atoms with Crippen LogP contribution in [0.3, 0.4) is 0 Å². The van der Waals surface area contributed by atoms with Gasteiger partial charge >= 0.3 is 12.2 Å². The molecule has 3 amide bonds. The van der Waals surface area contributed by atoms with Gasteiger partial charge in [-0.05, 0) is 6.92 Å². The third-order valence-corrected chi connectivity index (χ3v) is 2.68. The normalized spacial score (nSPS) is 12.6. The van der Waals surface area contributed by atoms with E-state index in [1.165, 1.54) is 0 Å². The van der Waals surface area contributed by atoms with E-state index in [9.17, 15) is 22.8 Å². The highest BCUT2D eigenvalue weighted by Gasteiger charge is 2.28. The van der Waals surface area contributed by atoms with E-state index in [0.717, 1.165) is 5.56 Å². The predicted octanol–water partition coefficient (Wildman–Crippen LogP) is 0.699. The molecule has 0 saturated carbocycles. The molecule has 0 aliphatic heterocycles. The highest BCUT2D eigenvalue weighted by molar-refractivity contribution is 5.94. The van der Waals surface area contributed by atoms with Crippen LogP contribution in [0.2, 0.25) is 0 Å². The molecule has 0 radical (unpaired) electrons. The van der Waals surface area contributed by atoms with Gasteiger partial charge < -0.3 is 10.6 Å². The lowest BCUT2D eigenvalue weighted by Gasteiger charge is -2.11. The van der Waals surface area contributed by atoms with Gasteiger partial charge in [0.25, 0.3) is 5.91 Å². The summed E-state index contributed by atoms with van der Waals surface area (Å²) in [6, 6.07) is 8.24. The first-order valence-electron chi connectivity index (χ1n) is 6.30. The Morgan fingerprint density at radius 3 is 2.43 bits per heavy atom. The molecule has 0 unspecified atom stereocenters. The lowest BCUT2D eigenvalue weighted by atomic mass is 10.1. The summed E-state index contributed by atoms with van der Waals surface area (Å²) in [6.07, 6.45) is -4.51. The van der Waals surface area contributed by atoms with Gasteiger partial charge in [-0.15, -0.1) is 0 Å². The molecule has 21 heavy (non-hydrogen) atoms. The number of carbonyl (C=O) groups excluding carboxylic acids is 2. The maximum atomic E-state index is 11.9. The third-order valence-electron chi connectivity index (χ3n) is 2.68. The number of rotatable bonds is 5. The number of quaternary nitrogens is 1. The molecule has 0 saturated heterocycles. The second kappa shape index (κ2) is 7.63. The second-order valence-electron chi connectivity index (χ2n) is 4.49. The first kappa shape index (κ1) is 17.0. The Morgan fingerprint density at radius 1 is 1.24 bits per heavy atom. The summed E-state index contributed by atoms with van der Waals surface area (Å²) in [6.45, 7) is 0.345. The number of nitrogens with one attached hydrogen (secondary N) is 2. The predicted molar refractivity (Wildman–Crippen MR) is 69.2 cm³/mol. The number of amides is 3. The molecule has 0 heterocycles. The van der Waals surface area contributed by atoms with Crippen molar-refractivity contribution < 1.29 is 28.1 Å². The molecular weight excluding hydrogens is 287 g/mol. The minimum Gasteiger partial charge on any atom is -0.333 e. The summed E-state index contributed by atoms with van der Waals surface area (Å²) in [7, 11) is 0. The molecule has 0 spiro atoms. The van der Waals surface area contributed by atoms with E-state index in [2.05, 4.69) is 0 Å². The number of hydrogen-bond donors (Lipinski definition) is 3. The Hall–Kier alpha value is -2.09. The molecule has 1 rings (SSSR count). The monoisotopic (exact) mass is 304 g/mol. The average molecular weight is 304 g/mol. The van der Waals surface area contributed by atoms with E-state index in [1.807, 2.05) is 42.6 Å². The molecule has 0 aliphatic carbocycles. The van der Waals surface area contributed by atoms with Crippen molar-refractivity contribution in [2.45, 2.75) is 19.1 Å². The number of carbonyl (C=O) groups is 2. The van der Waals surface area contributed by atoms with Crippen LogP contribution in [0, 0.1) is 0 Å². The van der Waals surface area contributed by atoms with Gasteiger partial charge in [0.05, 0.1) is 0 Å². The first-order chi connectivity index (χ1) is 9.78. The van der Waals surface area contributed by atoms with Gasteiger partial charge in [0.15, 0.2) is 6.54 Å². The van der Waals surface area contributed by atoms with Crippen molar-refractivity contribution >= 4 is 11.9 Å². The van der Waals surface area contributed by atoms with E-state index in [4.69, 9.17) is 0 Å². The fourth-order valence-electron chi connectivity index (χ4n) is 1.58. The summed E-state index contributed by atoms with van der Waals surface area (Å²) in [4.78, 5) is 22.5. The van der Waals surface area contributed by atoms with Gasteiger partial charge in [-0.1, -0.05) is 30.3 Å². The quantitative estimate of drug-likeness (QED) is 0.749. The topological polar surface area (TPSA) is 74.8 Å². The molecule has 0 bridgehead atoms. The van der Waals surface area contributed by atoms with Gasteiger partial charge in [-0.3, -0.25) is 10.1 Å². The van der Waals surface area contributed by atoms with Crippen LogP contribution in [0.5, 0.6) is 0 Å². The largest absolute Gasteiger partial charge is 0.405 e. The Kier molecular flexibility index (Phi) is 6.16. The van der Waals surface area contributed by atoms with Crippen LogP contribution in [0.1, 0.15) is 18.5 Å². The molecule has 4 N–H and O–H groups in total. The highest BCUT2D eigenvalue weighted by atomic mass is 19.4. The van der Waals surface area contributed by atoms with Gasteiger partial charge in [-0.2, -0.15) is 13.2 Å². The highest BCUT2D eigenvalue weighted by Crippen LogP contribution is 2.11.